The number of rotatable bonds is 3. The normalized spacial score (nSPS) is 17.1. The Morgan fingerprint density at radius 3 is 2.85 bits per heavy atom. The summed E-state index contributed by atoms with van der Waals surface area (Å²) in [6.45, 7) is 0. The fourth-order valence-corrected chi connectivity index (χ4v) is 7.01. The molecule has 5 nitrogen and oxygen atoms in total. The molecule has 34 heavy (non-hydrogen) atoms. The van der Waals surface area contributed by atoms with Crippen LogP contribution in [-0.4, -0.2) is 16.8 Å². The van der Waals surface area contributed by atoms with Crippen molar-refractivity contribution in [1.82, 2.24) is 4.57 Å². The van der Waals surface area contributed by atoms with Gasteiger partial charge in [0.1, 0.15) is 0 Å². The molecule has 3 heterocycles. The van der Waals surface area contributed by atoms with E-state index in [1.807, 2.05) is 22.1 Å². The highest BCUT2D eigenvalue weighted by molar-refractivity contribution is 9.10. The number of phenols is 1. The van der Waals surface area contributed by atoms with Crippen LogP contribution in [0, 0.1) is 0 Å². The molecule has 1 atom stereocenters. The molecule has 4 aromatic rings. The van der Waals surface area contributed by atoms with Crippen LogP contribution in [-0.2, 0) is 6.42 Å². The average molecular weight is 551 g/mol. The highest BCUT2D eigenvalue weighted by atomic mass is 79.9. The molecule has 0 saturated heterocycles. The third kappa shape index (κ3) is 3.40. The van der Waals surface area contributed by atoms with Gasteiger partial charge < -0.3 is 9.84 Å². The molecule has 2 aliphatic rings. The first-order chi connectivity index (χ1) is 16.5. The minimum Gasteiger partial charge on any atom is -0.504 e. The predicted octanol–water partition coefficient (Wildman–Crippen LogP) is 4.86. The summed E-state index contributed by atoms with van der Waals surface area (Å²) in [4.78, 5) is 20.5. The van der Waals surface area contributed by atoms with E-state index in [0.29, 0.717) is 20.6 Å². The molecule has 0 fully saturated rings. The standard InChI is InChI=1S/C26H19BrN2O3S2/c1-32-19-13-16(27)11-15(24(19)30)12-21-25(31)29-23(20-7-4-10-33-20)18-9-8-14-5-2-3-6-17(14)22(18)28-26(29)34-21/h2-7,10-13,23,30H,8-9H2,1H3. The number of aromatic nitrogens is 1. The van der Waals surface area contributed by atoms with Crippen molar-refractivity contribution in [3.8, 4) is 11.5 Å². The second kappa shape index (κ2) is 8.37. The van der Waals surface area contributed by atoms with Gasteiger partial charge in [0.05, 0.1) is 23.4 Å². The van der Waals surface area contributed by atoms with Crippen LogP contribution in [0.1, 0.15) is 34.0 Å². The van der Waals surface area contributed by atoms with E-state index in [9.17, 15) is 9.90 Å². The number of fused-ring (bicyclic) bond motifs is 3. The number of aromatic hydroxyl groups is 1. The van der Waals surface area contributed by atoms with Crippen molar-refractivity contribution in [3.05, 3.63) is 105 Å². The van der Waals surface area contributed by atoms with E-state index in [4.69, 9.17) is 9.73 Å². The van der Waals surface area contributed by atoms with Gasteiger partial charge in [0, 0.05) is 20.5 Å². The van der Waals surface area contributed by atoms with Crippen molar-refractivity contribution in [3.63, 3.8) is 0 Å². The molecule has 1 N–H and O–H groups in total. The van der Waals surface area contributed by atoms with Crippen molar-refractivity contribution in [2.45, 2.75) is 18.9 Å². The highest BCUT2D eigenvalue weighted by Gasteiger charge is 2.33. The Morgan fingerprint density at radius 2 is 2.06 bits per heavy atom. The summed E-state index contributed by atoms with van der Waals surface area (Å²) < 4.78 is 8.37. The number of allylic oxidation sites excluding steroid dienone is 1. The number of aryl methyl sites for hydroxylation is 1. The van der Waals surface area contributed by atoms with Gasteiger partial charge in [-0.1, -0.05) is 57.6 Å². The Hall–Kier alpha value is -2.94. The van der Waals surface area contributed by atoms with Gasteiger partial charge in [-0.05, 0) is 53.6 Å². The molecule has 1 unspecified atom stereocenters. The molecule has 2 aromatic heterocycles. The Labute approximate surface area is 211 Å². The second-order valence-corrected chi connectivity index (χ2v) is 11.1. The maximum Gasteiger partial charge on any atom is 0.271 e. The highest BCUT2D eigenvalue weighted by Crippen LogP contribution is 2.42. The lowest BCUT2D eigenvalue weighted by Crippen LogP contribution is -2.38. The zero-order valence-electron chi connectivity index (χ0n) is 18.1. The largest absolute Gasteiger partial charge is 0.504 e. The van der Waals surface area contributed by atoms with Gasteiger partial charge in [-0.2, -0.15) is 0 Å². The van der Waals surface area contributed by atoms with Crippen LogP contribution in [0.4, 0.5) is 0 Å². The van der Waals surface area contributed by atoms with E-state index in [-0.39, 0.29) is 17.4 Å². The monoisotopic (exact) mass is 550 g/mol. The Kier molecular flexibility index (Phi) is 5.32. The van der Waals surface area contributed by atoms with Gasteiger partial charge in [0.25, 0.3) is 5.56 Å². The average Bonchev–Trinajstić information content (AvgIpc) is 3.48. The van der Waals surface area contributed by atoms with Crippen LogP contribution < -0.4 is 19.6 Å². The maximum absolute atomic E-state index is 13.7. The van der Waals surface area contributed by atoms with Crippen molar-refractivity contribution in [1.29, 1.82) is 0 Å². The smallest absolute Gasteiger partial charge is 0.271 e. The zero-order valence-corrected chi connectivity index (χ0v) is 21.3. The molecular formula is C26H19BrN2O3S2. The lowest BCUT2D eigenvalue weighted by atomic mass is 9.85. The number of thiophene rings is 1. The van der Waals surface area contributed by atoms with Crippen LogP contribution in [0.3, 0.4) is 0 Å². The minimum atomic E-state index is -0.174. The lowest BCUT2D eigenvalue weighted by molar-refractivity contribution is 0.372. The molecule has 6 rings (SSSR count). The lowest BCUT2D eigenvalue weighted by Gasteiger charge is -2.30. The van der Waals surface area contributed by atoms with Crippen LogP contribution in [0.5, 0.6) is 11.5 Å². The zero-order chi connectivity index (χ0) is 23.4. The van der Waals surface area contributed by atoms with Gasteiger partial charge in [0.2, 0.25) is 0 Å². The number of benzene rings is 2. The number of methoxy groups -OCH3 is 1. The van der Waals surface area contributed by atoms with Crippen LogP contribution in [0.25, 0.3) is 11.8 Å². The Bertz CT molecular complexity index is 1650. The summed E-state index contributed by atoms with van der Waals surface area (Å²) in [5.41, 5.74) is 5.02. The van der Waals surface area contributed by atoms with Crippen molar-refractivity contribution in [2.75, 3.05) is 7.11 Å². The second-order valence-electron chi connectivity index (χ2n) is 8.18. The summed E-state index contributed by atoms with van der Waals surface area (Å²) in [6.07, 6.45) is 3.52. The van der Waals surface area contributed by atoms with Gasteiger partial charge in [-0.25, -0.2) is 4.99 Å². The predicted molar refractivity (Wildman–Crippen MR) is 139 cm³/mol. The van der Waals surface area contributed by atoms with Gasteiger partial charge >= 0.3 is 0 Å². The van der Waals surface area contributed by atoms with E-state index >= 15 is 0 Å². The maximum atomic E-state index is 13.7. The molecule has 170 valence electrons. The number of nitrogens with zero attached hydrogens (tertiary/aromatic N) is 2. The van der Waals surface area contributed by atoms with Crippen LogP contribution in [0.2, 0.25) is 0 Å². The first-order valence-corrected chi connectivity index (χ1v) is 13.3. The fraction of sp³-hybridized carbons (Fsp3) is 0.154. The van der Waals surface area contributed by atoms with Gasteiger partial charge in [0.15, 0.2) is 16.3 Å². The Morgan fingerprint density at radius 1 is 1.21 bits per heavy atom. The summed E-state index contributed by atoms with van der Waals surface area (Å²) in [5.74, 6) is 0.344. The quantitative estimate of drug-likeness (QED) is 0.396. The fourth-order valence-electron chi connectivity index (χ4n) is 4.72. The first kappa shape index (κ1) is 21.6. The van der Waals surface area contributed by atoms with Crippen LogP contribution >= 0.6 is 38.6 Å². The number of phenolic OH excluding ortho intramolecular Hbond substituents is 1. The van der Waals surface area contributed by atoms with Crippen molar-refractivity contribution < 1.29 is 9.84 Å². The molecule has 1 aliphatic carbocycles. The van der Waals surface area contributed by atoms with E-state index in [2.05, 4.69) is 40.2 Å². The molecule has 0 spiro atoms. The first-order valence-electron chi connectivity index (χ1n) is 10.8. The minimum absolute atomic E-state index is 0.000403. The number of thiazole rings is 1. The number of hydrogen-bond donors (Lipinski definition) is 1. The molecule has 0 saturated carbocycles. The van der Waals surface area contributed by atoms with Crippen LogP contribution in [0.15, 0.2) is 73.7 Å². The van der Waals surface area contributed by atoms with Gasteiger partial charge in [-0.15, -0.1) is 11.3 Å². The molecule has 0 bridgehead atoms. The molecule has 2 aromatic carbocycles. The molecule has 0 amide bonds. The van der Waals surface area contributed by atoms with Crippen molar-refractivity contribution >= 4 is 50.4 Å². The van der Waals surface area contributed by atoms with Crippen molar-refractivity contribution in [2.24, 2.45) is 4.99 Å². The van der Waals surface area contributed by atoms with Gasteiger partial charge in [-0.3, -0.25) is 9.36 Å². The van der Waals surface area contributed by atoms with E-state index < -0.39 is 0 Å². The number of ether oxygens (including phenoxy) is 1. The molecular weight excluding hydrogens is 532 g/mol. The summed E-state index contributed by atoms with van der Waals surface area (Å²) in [5, 5.41) is 12.7. The Balaban J connectivity index is 1.62. The van der Waals surface area contributed by atoms with E-state index in [1.165, 1.54) is 29.6 Å². The topological polar surface area (TPSA) is 63.8 Å². The third-order valence-corrected chi connectivity index (χ3v) is 8.63. The summed E-state index contributed by atoms with van der Waals surface area (Å²) >= 11 is 6.46. The summed E-state index contributed by atoms with van der Waals surface area (Å²) in [6, 6.07) is 15.8. The third-order valence-electron chi connectivity index (χ3n) is 6.26. The number of halogens is 1. The molecule has 0 radical (unpaired) electrons. The number of hydrogen-bond acceptors (Lipinski definition) is 6. The SMILES string of the molecule is COc1cc(Br)cc(C=c2sc3n(c2=O)C(c2cccs2)C2=C(N=3)c3ccccc3CC2)c1O. The molecule has 8 heteroatoms. The van der Waals surface area contributed by atoms with E-state index in [0.717, 1.165) is 33.5 Å². The molecule has 1 aliphatic heterocycles. The summed E-state index contributed by atoms with van der Waals surface area (Å²) in [7, 11) is 1.50. The van der Waals surface area contributed by atoms with E-state index in [1.54, 1.807) is 29.5 Å².